The summed E-state index contributed by atoms with van der Waals surface area (Å²) >= 11 is 0. The SMILES string of the molecule is C=CCc1cc(CNCC(CC(C)C)C(=O)O)cc(OC)c1O. The summed E-state index contributed by atoms with van der Waals surface area (Å²) in [5.41, 5.74) is 1.68. The van der Waals surface area contributed by atoms with Crippen LogP contribution in [0.1, 0.15) is 31.4 Å². The largest absolute Gasteiger partial charge is 0.504 e. The van der Waals surface area contributed by atoms with Crippen LogP contribution in [0.15, 0.2) is 24.8 Å². The Labute approximate surface area is 138 Å². The maximum atomic E-state index is 11.3. The summed E-state index contributed by atoms with van der Waals surface area (Å²) in [7, 11) is 1.51. The zero-order chi connectivity index (χ0) is 17.4. The predicted molar refractivity (Wildman–Crippen MR) is 90.8 cm³/mol. The standard InChI is InChI=1S/C18H27NO4/c1-5-6-14-8-13(9-16(23-4)17(14)20)10-19-11-15(18(21)22)7-12(2)3/h5,8-9,12,15,19-20H,1,6-7,10-11H2,2-4H3,(H,21,22). The van der Waals surface area contributed by atoms with E-state index < -0.39 is 11.9 Å². The van der Waals surface area contributed by atoms with E-state index in [1.165, 1.54) is 7.11 Å². The van der Waals surface area contributed by atoms with Crippen molar-refractivity contribution in [3.8, 4) is 11.5 Å². The molecule has 0 aliphatic rings. The second-order valence-electron chi connectivity index (χ2n) is 6.09. The van der Waals surface area contributed by atoms with Gasteiger partial charge in [-0.1, -0.05) is 26.0 Å². The predicted octanol–water partition coefficient (Wildman–Crippen LogP) is 2.97. The van der Waals surface area contributed by atoms with Gasteiger partial charge >= 0.3 is 5.97 Å². The highest BCUT2D eigenvalue weighted by Gasteiger charge is 2.18. The van der Waals surface area contributed by atoms with Gasteiger partial charge in [-0.3, -0.25) is 4.79 Å². The number of phenolic OH excluding ortho intramolecular Hbond substituents is 1. The topological polar surface area (TPSA) is 78.8 Å². The Hall–Kier alpha value is -2.01. The number of aromatic hydroxyl groups is 1. The highest BCUT2D eigenvalue weighted by molar-refractivity contribution is 5.70. The molecular formula is C18H27NO4. The Balaban J connectivity index is 2.75. The fraction of sp³-hybridized carbons (Fsp3) is 0.500. The van der Waals surface area contributed by atoms with Crippen LogP contribution in [0.2, 0.25) is 0 Å². The van der Waals surface area contributed by atoms with Crippen LogP contribution >= 0.6 is 0 Å². The molecule has 0 saturated carbocycles. The Morgan fingerprint density at radius 1 is 1.43 bits per heavy atom. The van der Waals surface area contributed by atoms with Crippen LogP contribution in [0.25, 0.3) is 0 Å². The highest BCUT2D eigenvalue weighted by Crippen LogP contribution is 2.32. The number of aliphatic carboxylic acids is 1. The van der Waals surface area contributed by atoms with Crippen molar-refractivity contribution in [2.75, 3.05) is 13.7 Å². The minimum Gasteiger partial charge on any atom is -0.504 e. The molecule has 1 atom stereocenters. The van der Waals surface area contributed by atoms with Crippen LogP contribution in [0.4, 0.5) is 0 Å². The number of carbonyl (C=O) groups is 1. The quantitative estimate of drug-likeness (QED) is 0.577. The minimum atomic E-state index is -0.776. The molecule has 0 spiro atoms. The number of benzene rings is 1. The molecule has 1 rings (SSSR count). The molecule has 1 aromatic rings. The first-order chi connectivity index (χ1) is 10.9. The summed E-state index contributed by atoms with van der Waals surface area (Å²) < 4.78 is 5.18. The maximum Gasteiger partial charge on any atom is 0.307 e. The van der Waals surface area contributed by atoms with Crippen LogP contribution in [-0.4, -0.2) is 29.8 Å². The van der Waals surface area contributed by atoms with Gasteiger partial charge in [0, 0.05) is 18.7 Å². The van der Waals surface area contributed by atoms with Gasteiger partial charge in [-0.05, 0) is 30.4 Å². The number of carboxylic acids is 1. The summed E-state index contributed by atoms with van der Waals surface area (Å²) in [6, 6.07) is 3.64. The summed E-state index contributed by atoms with van der Waals surface area (Å²) in [4.78, 5) is 11.3. The van der Waals surface area contributed by atoms with E-state index in [-0.39, 0.29) is 5.75 Å². The molecule has 0 saturated heterocycles. The lowest BCUT2D eigenvalue weighted by Gasteiger charge is -2.16. The van der Waals surface area contributed by atoms with Crippen molar-refractivity contribution in [3.63, 3.8) is 0 Å². The molecule has 0 amide bonds. The van der Waals surface area contributed by atoms with Crippen LogP contribution in [0.5, 0.6) is 11.5 Å². The lowest BCUT2D eigenvalue weighted by Crippen LogP contribution is -2.29. The zero-order valence-corrected chi connectivity index (χ0v) is 14.1. The molecule has 5 heteroatoms. The number of nitrogens with one attached hydrogen (secondary N) is 1. The molecule has 1 aromatic carbocycles. The van der Waals surface area contributed by atoms with Crippen molar-refractivity contribution in [2.24, 2.45) is 11.8 Å². The average molecular weight is 321 g/mol. The molecule has 0 aliphatic heterocycles. The molecule has 0 aromatic heterocycles. The zero-order valence-electron chi connectivity index (χ0n) is 14.1. The lowest BCUT2D eigenvalue weighted by molar-refractivity contribution is -0.142. The van der Waals surface area contributed by atoms with E-state index >= 15 is 0 Å². The molecule has 0 fully saturated rings. The van der Waals surface area contributed by atoms with Gasteiger partial charge in [0.25, 0.3) is 0 Å². The number of hydrogen-bond donors (Lipinski definition) is 3. The van der Waals surface area contributed by atoms with Crippen molar-refractivity contribution < 1.29 is 19.7 Å². The van der Waals surface area contributed by atoms with Gasteiger partial charge in [-0.2, -0.15) is 0 Å². The average Bonchev–Trinajstić information content (AvgIpc) is 2.48. The Morgan fingerprint density at radius 2 is 2.13 bits per heavy atom. The summed E-state index contributed by atoms with van der Waals surface area (Å²) in [5.74, 6) is -0.299. The summed E-state index contributed by atoms with van der Waals surface area (Å²) in [6.07, 6.45) is 2.90. The molecule has 3 N–H and O–H groups in total. The molecule has 1 unspecified atom stereocenters. The molecular weight excluding hydrogens is 294 g/mol. The first kappa shape index (κ1) is 19.0. The van der Waals surface area contributed by atoms with Crippen LogP contribution in [0.3, 0.4) is 0 Å². The second kappa shape index (κ2) is 9.20. The van der Waals surface area contributed by atoms with Crippen LogP contribution in [0, 0.1) is 11.8 Å². The number of rotatable bonds is 10. The molecule has 0 bridgehead atoms. The molecule has 0 radical (unpaired) electrons. The third-order valence-electron chi connectivity index (χ3n) is 3.62. The van der Waals surface area contributed by atoms with Gasteiger partial charge in [-0.15, -0.1) is 6.58 Å². The fourth-order valence-electron chi connectivity index (χ4n) is 2.53. The maximum absolute atomic E-state index is 11.3. The summed E-state index contributed by atoms with van der Waals surface area (Å²) in [5, 5.41) is 22.5. The van der Waals surface area contributed by atoms with Crippen LogP contribution < -0.4 is 10.1 Å². The molecule has 0 aliphatic carbocycles. The molecule has 5 nitrogen and oxygen atoms in total. The number of methoxy groups -OCH3 is 1. The number of phenols is 1. The molecule has 0 heterocycles. The normalized spacial score (nSPS) is 12.2. The fourth-order valence-corrected chi connectivity index (χ4v) is 2.53. The third-order valence-corrected chi connectivity index (χ3v) is 3.62. The van der Waals surface area contributed by atoms with Gasteiger partial charge in [0.05, 0.1) is 13.0 Å². The van der Waals surface area contributed by atoms with E-state index in [9.17, 15) is 15.0 Å². The van der Waals surface area contributed by atoms with Crippen molar-refractivity contribution in [2.45, 2.75) is 33.2 Å². The van der Waals surface area contributed by atoms with Gasteiger partial charge in [0.1, 0.15) is 0 Å². The molecule has 128 valence electrons. The Bertz CT molecular complexity index is 540. The van der Waals surface area contributed by atoms with Gasteiger partial charge in [0.15, 0.2) is 11.5 Å². The van der Waals surface area contributed by atoms with Crippen molar-refractivity contribution in [1.29, 1.82) is 0 Å². The monoisotopic (exact) mass is 321 g/mol. The minimum absolute atomic E-state index is 0.124. The van der Waals surface area contributed by atoms with E-state index in [2.05, 4.69) is 11.9 Å². The smallest absolute Gasteiger partial charge is 0.307 e. The number of allylic oxidation sites excluding steroid dienone is 1. The van der Waals surface area contributed by atoms with Gasteiger partial charge < -0.3 is 20.3 Å². The third kappa shape index (κ3) is 5.94. The highest BCUT2D eigenvalue weighted by atomic mass is 16.5. The van der Waals surface area contributed by atoms with Crippen molar-refractivity contribution in [3.05, 3.63) is 35.9 Å². The van der Waals surface area contributed by atoms with Gasteiger partial charge in [0.2, 0.25) is 0 Å². The Kier molecular flexibility index (Phi) is 7.62. The van der Waals surface area contributed by atoms with E-state index in [1.807, 2.05) is 19.9 Å². The van der Waals surface area contributed by atoms with Crippen molar-refractivity contribution in [1.82, 2.24) is 5.32 Å². The first-order valence-corrected chi connectivity index (χ1v) is 7.82. The van der Waals surface area contributed by atoms with E-state index in [0.29, 0.717) is 37.6 Å². The number of carboxylic acid groups (broad SMARTS) is 1. The number of ether oxygens (including phenoxy) is 1. The first-order valence-electron chi connectivity index (χ1n) is 7.82. The molecule has 23 heavy (non-hydrogen) atoms. The van der Waals surface area contributed by atoms with Gasteiger partial charge in [-0.25, -0.2) is 0 Å². The van der Waals surface area contributed by atoms with Crippen LogP contribution in [-0.2, 0) is 17.8 Å². The number of hydrogen-bond acceptors (Lipinski definition) is 4. The van der Waals surface area contributed by atoms with E-state index in [4.69, 9.17) is 4.74 Å². The lowest BCUT2D eigenvalue weighted by atomic mass is 9.97. The van der Waals surface area contributed by atoms with E-state index in [1.54, 1.807) is 12.1 Å². The van der Waals surface area contributed by atoms with E-state index in [0.717, 1.165) is 11.1 Å². The van der Waals surface area contributed by atoms with Crippen molar-refractivity contribution >= 4 is 5.97 Å². The Morgan fingerprint density at radius 3 is 2.65 bits per heavy atom. The second-order valence-corrected chi connectivity index (χ2v) is 6.09. The summed E-state index contributed by atoms with van der Waals surface area (Å²) in [6.45, 7) is 8.64.